The average molecular weight is 732 g/mol. The van der Waals surface area contributed by atoms with Gasteiger partial charge in [-0.25, -0.2) is 24.0 Å². The highest BCUT2D eigenvalue weighted by Crippen LogP contribution is 2.32. The van der Waals surface area contributed by atoms with Gasteiger partial charge in [0.25, 0.3) is 0 Å². The van der Waals surface area contributed by atoms with Gasteiger partial charge in [-0.3, -0.25) is 9.97 Å². The average Bonchev–Trinajstić information content (AvgIpc) is 3.82. The molecule has 1 aliphatic heterocycles. The van der Waals surface area contributed by atoms with Crippen molar-refractivity contribution >= 4 is 54.8 Å². The Morgan fingerprint density at radius 3 is 1.71 bits per heavy atom. The van der Waals surface area contributed by atoms with Crippen molar-refractivity contribution in [2.45, 2.75) is 19.3 Å². The van der Waals surface area contributed by atoms with Crippen LogP contribution in [0.1, 0.15) is 19.3 Å². The lowest BCUT2D eigenvalue weighted by molar-refractivity contribution is 0.573. The van der Waals surface area contributed by atoms with E-state index >= 15 is 0 Å². The minimum atomic E-state index is 0.831. The number of hydrogen-bond acceptors (Lipinski definition) is 8. The normalized spacial score (nSPS) is 13.2. The maximum absolute atomic E-state index is 4.75. The molecule has 1 aliphatic rings. The molecule has 10 rings (SSSR count). The number of fused-ring (bicyclic) bond motifs is 4. The highest BCUT2D eigenvalue weighted by Gasteiger charge is 2.15. The van der Waals surface area contributed by atoms with Crippen LogP contribution in [0.25, 0.3) is 66.5 Å². The van der Waals surface area contributed by atoms with Gasteiger partial charge in [-0.2, -0.15) is 10.2 Å². The lowest BCUT2D eigenvalue weighted by Gasteiger charge is -2.27. The zero-order chi connectivity index (χ0) is 34.1. The topological polar surface area (TPSA) is 102 Å². The summed E-state index contributed by atoms with van der Waals surface area (Å²) < 4.78 is 4.52. The summed E-state index contributed by atoms with van der Waals surface area (Å²) in [4.78, 5) is 25.1. The van der Waals surface area contributed by atoms with Crippen LogP contribution in [0.2, 0.25) is 0 Å². The summed E-state index contributed by atoms with van der Waals surface area (Å²) in [6, 6.07) is 24.5. The lowest BCUT2D eigenvalue weighted by Crippen LogP contribution is -2.29. The molecule has 10 nitrogen and oxygen atoms in total. The van der Waals surface area contributed by atoms with E-state index in [1.54, 1.807) is 10.7 Å². The summed E-state index contributed by atoms with van der Waals surface area (Å²) in [6.45, 7) is 2.19. The van der Waals surface area contributed by atoms with Crippen molar-refractivity contribution in [1.29, 1.82) is 0 Å². The first kappa shape index (κ1) is 30.9. The molecule has 0 bridgehead atoms. The van der Waals surface area contributed by atoms with Crippen LogP contribution < -0.4 is 4.90 Å². The number of rotatable bonds is 4. The Balaban J connectivity index is 0.000000150. The molecule has 11 heteroatoms. The first-order valence-corrected chi connectivity index (χ1v) is 17.7. The van der Waals surface area contributed by atoms with Crippen LogP contribution in [0.5, 0.6) is 0 Å². The third kappa shape index (κ3) is 5.95. The van der Waals surface area contributed by atoms with E-state index in [1.807, 2.05) is 103 Å². The molecule has 0 spiro atoms. The molecular weight excluding hydrogens is 700 g/mol. The van der Waals surface area contributed by atoms with E-state index in [9.17, 15) is 0 Å². The summed E-state index contributed by atoms with van der Waals surface area (Å²) in [5, 5.41) is 11.2. The van der Waals surface area contributed by atoms with Crippen molar-refractivity contribution < 1.29 is 0 Å². The third-order valence-corrected chi connectivity index (χ3v) is 9.73. The largest absolute Gasteiger partial charge is 0.357 e. The molecule has 0 N–H and O–H groups in total. The van der Waals surface area contributed by atoms with Crippen molar-refractivity contribution in [2.24, 2.45) is 0 Å². The van der Waals surface area contributed by atoms with Gasteiger partial charge in [-0.05, 0) is 82.7 Å². The number of benzene rings is 2. The Bertz CT molecular complexity index is 2650. The number of hydrogen-bond donors (Lipinski definition) is 0. The van der Waals surface area contributed by atoms with E-state index < -0.39 is 0 Å². The maximum atomic E-state index is 4.75. The molecule has 7 aromatic heterocycles. The van der Waals surface area contributed by atoms with E-state index in [1.165, 1.54) is 19.3 Å². The van der Waals surface area contributed by atoms with Gasteiger partial charge in [0.15, 0.2) is 11.3 Å². The number of nitrogens with zero attached hydrogens (tertiary/aromatic N) is 10. The SMILES string of the molecule is Brc1cnc2c(-c3ccnc4ccccc34)cnn2c1.c1ccc2c(-c3cnn4cc(-c5ccc(N6CCCCC6)nc5)cnc34)ccnc2c1. The number of pyridine rings is 3. The predicted octanol–water partition coefficient (Wildman–Crippen LogP) is 8.70. The van der Waals surface area contributed by atoms with Crippen molar-refractivity contribution in [3.8, 4) is 33.4 Å². The van der Waals surface area contributed by atoms with Crippen molar-refractivity contribution in [2.75, 3.05) is 18.0 Å². The van der Waals surface area contributed by atoms with Gasteiger partial charge < -0.3 is 4.90 Å². The molecule has 0 atom stereocenters. The van der Waals surface area contributed by atoms with Gasteiger partial charge in [0.05, 0.1) is 27.9 Å². The number of para-hydroxylation sites is 2. The van der Waals surface area contributed by atoms with Crippen LogP contribution in [-0.2, 0) is 0 Å². The maximum Gasteiger partial charge on any atom is 0.162 e. The quantitative estimate of drug-likeness (QED) is 0.177. The van der Waals surface area contributed by atoms with E-state index in [0.717, 1.165) is 89.9 Å². The smallest absolute Gasteiger partial charge is 0.162 e. The fourth-order valence-electron chi connectivity index (χ4n) is 6.78. The van der Waals surface area contributed by atoms with Crippen LogP contribution in [0.4, 0.5) is 5.82 Å². The van der Waals surface area contributed by atoms with E-state index in [-0.39, 0.29) is 0 Å². The van der Waals surface area contributed by atoms with E-state index in [4.69, 9.17) is 9.97 Å². The molecule has 8 heterocycles. The highest BCUT2D eigenvalue weighted by atomic mass is 79.9. The molecule has 0 radical (unpaired) electrons. The second kappa shape index (κ2) is 13.3. The molecule has 0 aliphatic carbocycles. The van der Waals surface area contributed by atoms with Crippen molar-refractivity contribution in [3.05, 3.63) is 133 Å². The lowest BCUT2D eigenvalue weighted by atomic mass is 10.0. The van der Waals surface area contributed by atoms with E-state index in [2.05, 4.69) is 70.2 Å². The Kier molecular flexibility index (Phi) is 8.09. The predicted molar refractivity (Wildman–Crippen MR) is 204 cm³/mol. The van der Waals surface area contributed by atoms with Crippen molar-refractivity contribution in [3.63, 3.8) is 0 Å². The molecule has 248 valence electrons. The van der Waals surface area contributed by atoms with Gasteiger partial charge >= 0.3 is 0 Å². The van der Waals surface area contributed by atoms with Crippen LogP contribution >= 0.6 is 15.9 Å². The van der Waals surface area contributed by atoms with Gasteiger partial charge in [-0.1, -0.05) is 36.4 Å². The van der Waals surface area contributed by atoms with Crippen LogP contribution in [0.15, 0.2) is 133 Å². The molecule has 51 heavy (non-hydrogen) atoms. The zero-order valence-electron chi connectivity index (χ0n) is 27.5. The van der Waals surface area contributed by atoms with Gasteiger partial charge in [0.1, 0.15) is 5.82 Å². The van der Waals surface area contributed by atoms with Gasteiger partial charge in [0.2, 0.25) is 0 Å². The summed E-state index contributed by atoms with van der Waals surface area (Å²) >= 11 is 3.40. The van der Waals surface area contributed by atoms with Gasteiger partial charge in [0, 0.05) is 89.5 Å². The number of piperidine rings is 1. The Labute approximate surface area is 301 Å². The fourth-order valence-corrected chi connectivity index (χ4v) is 7.08. The van der Waals surface area contributed by atoms with E-state index in [0.29, 0.717) is 0 Å². The summed E-state index contributed by atoms with van der Waals surface area (Å²) in [7, 11) is 0. The second-order valence-corrected chi connectivity index (χ2v) is 13.4. The molecular formula is C40H31BrN10. The molecule has 2 aromatic carbocycles. The minimum Gasteiger partial charge on any atom is -0.357 e. The number of halogens is 1. The Hall–Kier alpha value is -6.07. The molecule has 0 saturated carbocycles. The van der Waals surface area contributed by atoms with Crippen LogP contribution in [0, 0.1) is 0 Å². The summed E-state index contributed by atoms with van der Waals surface area (Å²) in [6.07, 6.45) is 20.7. The molecule has 1 saturated heterocycles. The van der Waals surface area contributed by atoms with Crippen LogP contribution in [0.3, 0.4) is 0 Å². The standard InChI is InChI=1S/C25H22N6.C15H9BrN4/c1-4-12-30(13-5-1)24-9-8-18(14-27-24)19-15-28-25-22(16-29-31(25)17-19)20-10-11-26-23-7-3-2-6-21(20)23;16-10-7-18-15-13(8-19-20(15)9-10)11-5-6-17-14-4-2-1-3-12(11)14/h2-3,6-11,14-17H,1,4-5,12-13H2;1-9H. The molecule has 9 aromatic rings. The first-order chi connectivity index (χ1) is 25.2. The highest BCUT2D eigenvalue weighted by molar-refractivity contribution is 9.10. The molecule has 0 amide bonds. The fraction of sp³-hybridized carbons (Fsp3) is 0.125. The summed E-state index contributed by atoms with van der Waals surface area (Å²) in [5.41, 5.74) is 9.86. The van der Waals surface area contributed by atoms with Crippen molar-refractivity contribution in [1.82, 2.24) is 44.1 Å². The zero-order valence-corrected chi connectivity index (χ0v) is 29.1. The summed E-state index contributed by atoms with van der Waals surface area (Å²) in [5.74, 6) is 1.06. The Morgan fingerprint density at radius 1 is 0.490 bits per heavy atom. The Morgan fingerprint density at radius 2 is 1.08 bits per heavy atom. The minimum absolute atomic E-state index is 0.831. The van der Waals surface area contributed by atoms with Crippen LogP contribution in [-0.4, -0.2) is 57.2 Å². The van der Waals surface area contributed by atoms with Gasteiger partial charge in [-0.15, -0.1) is 0 Å². The molecule has 0 unspecified atom stereocenters. The third-order valence-electron chi connectivity index (χ3n) is 9.32. The first-order valence-electron chi connectivity index (χ1n) is 16.9. The number of aromatic nitrogens is 9. The molecule has 1 fully saturated rings. The second-order valence-electron chi connectivity index (χ2n) is 12.5. The monoisotopic (exact) mass is 730 g/mol. The number of anilines is 1.